The lowest BCUT2D eigenvalue weighted by Crippen LogP contribution is -2.33. The minimum Gasteiger partial charge on any atom is -0.337 e. The minimum absolute atomic E-state index is 0.0997. The smallest absolute Gasteiger partial charge is 0.272 e. The summed E-state index contributed by atoms with van der Waals surface area (Å²) in [5.74, 6) is 0.0997. The molecule has 1 aromatic heterocycles. The molecule has 0 aromatic carbocycles. The lowest BCUT2D eigenvalue weighted by Gasteiger charge is -2.22. The van der Waals surface area contributed by atoms with Crippen LogP contribution in [-0.2, 0) is 0 Å². The average molecular weight is 347 g/mol. The first-order valence-electron chi connectivity index (χ1n) is 10.5. The molecule has 0 saturated carbocycles. The van der Waals surface area contributed by atoms with Gasteiger partial charge in [0, 0.05) is 19.3 Å². The van der Waals surface area contributed by atoms with E-state index in [1.165, 1.54) is 64.2 Å². The van der Waals surface area contributed by atoms with Gasteiger partial charge in [-0.15, -0.1) is 0 Å². The van der Waals surface area contributed by atoms with Gasteiger partial charge in [-0.3, -0.25) is 9.78 Å². The van der Waals surface area contributed by atoms with E-state index >= 15 is 0 Å². The summed E-state index contributed by atoms with van der Waals surface area (Å²) in [5.41, 5.74) is 0.583. The number of carbonyl (C=O) groups is 1. The standard InChI is InChI=1S/C22H38N2O/c1-3-5-7-9-11-15-19-24(20-16-12-10-8-6-4-2)22(25)21-17-13-14-18-23-21/h13-14,17-18H,3-12,15-16,19-20H2,1-2H3. The van der Waals surface area contributed by atoms with Gasteiger partial charge in [0.2, 0.25) is 0 Å². The second-order valence-corrected chi connectivity index (χ2v) is 7.04. The Labute approximate surface area is 155 Å². The Bertz CT molecular complexity index is 417. The van der Waals surface area contributed by atoms with Crippen LogP contribution < -0.4 is 0 Å². The summed E-state index contributed by atoms with van der Waals surface area (Å²) >= 11 is 0. The molecule has 1 heterocycles. The number of hydrogen-bond acceptors (Lipinski definition) is 2. The van der Waals surface area contributed by atoms with Crippen molar-refractivity contribution in [2.45, 2.75) is 90.9 Å². The zero-order valence-corrected chi connectivity index (χ0v) is 16.5. The normalized spacial score (nSPS) is 10.8. The Hall–Kier alpha value is -1.38. The Morgan fingerprint density at radius 2 is 1.32 bits per heavy atom. The number of unbranched alkanes of at least 4 members (excludes halogenated alkanes) is 10. The molecule has 0 N–H and O–H groups in total. The Morgan fingerprint density at radius 1 is 0.800 bits per heavy atom. The summed E-state index contributed by atoms with van der Waals surface area (Å²) in [4.78, 5) is 19.0. The van der Waals surface area contributed by atoms with Gasteiger partial charge in [-0.25, -0.2) is 0 Å². The molecule has 0 saturated heterocycles. The molecule has 1 aromatic rings. The average Bonchev–Trinajstić information content (AvgIpc) is 2.65. The van der Waals surface area contributed by atoms with E-state index in [0.29, 0.717) is 5.69 Å². The molecule has 0 unspecified atom stereocenters. The highest BCUT2D eigenvalue weighted by atomic mass is 16.2. The fraction of sp³-hybridized carbons (Fsp3) is 0.727. The van der Waals surface area contributed by atoms with Crippen molar-refractivity contribution in [2.24, 2.45) is 0 Å². The summed E-state index contributed by atoms with van der Waals surface area (Å²) in [5, 5.41) is 0. The van der Waals surface area contributed by atoms with Gasteiger partial charge in [-0.05, 0) is 25.0 Å². The third-order valence-corrected chi connectivity index (χ3v) is 4.73. The van der Waals surface area contributed by atoms with Gasteiger partial charge < -0.3 is 4.90 Å². The van der Waals surface area contributed by atoms with Crippen LogP contribution in [0.3, 0.4) is 0 Å². The van der Waals surface area contributed by atoms with Gasteiger partial charge in [0.1, 0.15) is 5.69 Å². The number of aromatic nitrogens is 1. The van der Waals surface area contributed by atoms with Crippen LogP contribution in [-0.4, -0.2) is 28.9 Å². The summed E-state index contributed by atoms with van der Waals surface area (Å²) in [7, 11) is 0. The molecule has 142 valence electrons. The maximum absolute atomic E-state index is 12.7. The highest BCUT2D eigenvalue weighted by Gasteiger charge is 2.15. The van der Waals surface area contributed by atoms with Gasteiger partial charge in [0.25, 0.3) is 5.91 Å². The minimum atomic E-state index is 0.0997. The van der Waals surface area contributed by atoms with E-state index in [2.05, 4.69) is 18.8 Å². The number of hydrogen-bond donors (Lipinski definition) is 0. The van der Waals surface area contributed by atoms with Gasteiger partial charge >= 0.3 is 0 Å². The van der Waals surface area contributed by atoms with E-state index < -0.39 is 0 Å². The Morgan fingerprint density at radius 3 is 1.80 bits per heavy atom. The highest BCUT2D eigenvalue weighted by molar-refractivity contribution is 5.92. The van der Waals surface area contributed by atoms with E-state index in [-0.39, 0.29) is 5.91 Å². The summed E-state index contributed by atoms with van der Waals surface area (Å²) in [6.07, 6.45) is 16.8. The molecule has 0 fully saturated rings. The second-order valence-electron chi connectivity index (χ2n) is 7.04. The van der Waals surface area contributed by atoms with Crippen LogP contribution in [0, 0.1) is 0 Å². The maximum atomic E-state index is 12.7. The fourth-order valence-corrected chi connectivity index (χ4v) is 3.13. The monoisotopic (exact) mass is 346 g/mol. The molecular formula is C22H38N2O. The van der Waals surface area contributed by atoms with E-state index in [0.717, 1.165) is 25.9 Å². The molecule has 25 heavy (non-hydrogen) atoms. The molecule has 0 aliphatic carbocycles. The molecule has 0 aliphatic heterocycles. The summed E-state index contributed by atoms with van der Waals surface area (Å²) < 4.78 is 0. The molecule has 0 atom stereocenters. The maximum Gasteiger partial charge on any atom is 0.272 e. The first-order chi connectivity index (χ1) is 12.3. The molecular weight excluding hydrogens is 308 g/mol. The molecule has 0 aliphatic rings. The first kappa shape index (κ1) is 21.7. The van der Waals surface area contributed by atoms with Gasteiger partial charge in [-0.2, -0.15) is 0 Å². The predicted molar refractivity (Wildman–Crippen MR) is 107 cm³/mol. The van der Waals surface area contributed by atoms with Crippen LogP contribution in [0.2, 0.25) is 0 Å². The van der Waals surface area contributed by atoms with E-state index in [4.69, 9.17) is 0 Å². The summed E-state index contributed by atoms with van der Waals surface area (Å²) in [6, 6.07) is 5.59. The van der Waals surface area contributed by atoms with Crippen LogP contribution in [0.15, 0.2) is 24.4 Å². The fourth-order valence-electron chi connectivity index (χ4n) is 3.13. The molecule has 1 rings (SSSR count). The SMILES string of the molecule is CCCCCCCCN(CCCCCCCC)C(=O)c1ccccn1. The topological polar surface area (TPSA) is 33.2 Å². The van der Waals surface area contributed by atoms with Crippen molar-refractivity contribution in [2.75, 3.05) is 13.1 Å². The number of nitrogens with zero attached hydrogens (tertiary/aromatic N) is 2. The van der Waals surface area contributed by atoms with Gasteiger partial charge in [-0.1, -0.05) is 84.1 Å². The van der Waals surface area contributed by atoms with E-state index in [1.54, 1.807) is 6.20 Å². The number of amides is 1. The van der Waals surface area contributed by atoms with Crippen molar-refractivity contribution < 1.29 is 4.79 Å². The highest BCUT2D eigenvalue weighted by Crippen LogP contribution is 2.11. The Balaban J connectivity index is 2.39. The molecule has 0 bridgehead atoms. The first-order valence-corrected chi connectivity index (χ1v) is 10.5. The zero-order chi connectivity index (χ0) is 18.2. The third-order valence-electron chi connectivity index (χ3n) is 4.73. The third kappa shape index (κ3) is 10.3. The van der Waals surface area contributed by atoms with Crippen molar-refractivity contribution >= 4 is 5.91 Å². The van der Waals surface area contributed by atoms with Crippen LogP contribution in [0.1, 0.15) is 101 Å². The van der Waals surface area contributed by atoms with Gasteiger partial charge in [0.05, 0.1) is 0 Å². The molecule has 3 nitrogen and oxygen atoms in total. The lowest BCUT2D eigenvalue weighted by atomic mass is 10.1. The van der Waals surface area contributed by atoms with Crippen LogP contribution in [0.25, 0.3) is 0 Å². The second kappa shape index (κ2) is 14.9. The molecule has 0 spiro atoms. The van der Waals surface area contributed by atoms with Crippen LogP contribution in [0.4, 0.5) is 0 Å². The summed E-state index contributed by atoms with van der Waals surface area (Å²) in [6.45, 7) is 6.23. The van der Waals surface area contributed by atoms with E-state index in [1.807, 2.05) is 23.1 Å². The number of pyridine rings is 1. The van der Waals surface area contributed by atoms with Crippen LogP contribution >= 0.6 is 0 Å². The van der Waals surface area contributed by atoms with Crippen molar-refractivity contribution in [3.63, 3.8) is 0 Å². The number of carbonyl (C=O) groups excluding carboxylic acids is 1. The molecule has 1 amide bonds. The largest absolute Gasteiger partial charge is 0.337 e. The predicted octanol–water partition coefficient (Wildman–Crippen LogP) is 6.24. The van der Waals surface area contributed by atoms with Gasteiger partial charge in [0.15, 0.2) is 0 Å². The van der Waals surface area contributed by atoms with Crippen molar-refractivity contribution in [3.8, 4) is 0 Å². The van der Waals surface area contributed by atoms with Crippen molar-refractivity contribution in [3.05, 3.63) is 30.1 Å². The van der Waals surface area contributed by atoms with Crippen molar-refractivity contribution in [1.82, 2.24) is 9.88 Å². The van der Waals surface area contributed by atoms with Crippen LogP contribution in [0.5, 0.6) is 0 Å². The molecule has 3 heteroatoms. The lowest BCUT2D eigenvalue weighted by molar-refractivity contribution is 0.0743. The number of rotatable bonds is 15. The quantitative estimate of drug-likeness (QED) is 0.352. The zero-order valence-electron chi connectivity index (χ0n) is 16.5. The Kier molecular flexibility index (Phi) is 12.9. The van der Waals surface area contributed by atoms with Crippen molar-refractivity contribution in [1.29, 1.82) is 0 Å². The van der Waals surface area contributed by atoms with E-state index in [9.17, 15) is 4.79 Å². The molecule has 0 radical (unpaired) electrons.